The molecule has 0 saturated carbocycles. The van der Waals surface area contributed by atoms with E-state index >= 15 is 0 Å². The van der Waals surface area contributed by atoms with Crippen LogP contribution < -0.4 is 5.32 Å². The minimum atomic E-state index is 0.0771. The normalized spacial score (nSPS) is 12.6. The highest BCUT2D eigenvalue weighted by atomic mass is 35.5. The largest absolute Gasteiger partial charge is 0.383 e. The Labute approximate surface area is 130 Å². The Hall–Kier alpha value is -1.43. The molecule has 1 heterocycles. The van der Waals surface area contributed by atoms with Gasteiger partial charge in [-0.2, -0.15) is 0 Å². The van der Waals surface area contributed by atoms with Crippen LogP contribution in [0.4, 0.5) is 0 Å². The van der Waals surface area contributed by atoms with Crippen molar-refractivity contribution in [3.05, 3.63) is 46.2 Å². The SMILES string of the molecule is CCn1nnc(C)c1CNC(COC)c1cccc(Cl)c1. The van der Waals surface area contributed by atoms with Gasteiger partial charge in [0.1, 0.15) is 0 Å². The highest BCUT2D eigenvalue weighted by Crippen LogP contribution is 2.19. The molecule has 1 aromatic heterocycles. The number of aryl methyl sites for hydroxylation is 2. The molecule has 0 aliphatic rings. The highest BCUT2D eigenvalue weighted by Gasteiger charge is 2.14. The van der Waals surface area contributed by atoms with Crippen LogP contribution in [0.5, 0.6) is 0 Å². The summed E-state index contributed by atoms with van der Waals surface area (Å²) >= 11 is 6.07. The molecule has 0 bridgehead atoms. The maximum absolute atomic E-state index is 6.07. The molecule has 2 aromatic rings. The van der Waals surface area contributed by atoms with Gasteiger partial charge in [0, 0.05) is 25.2 Å². The number of benzene rings is 1. The molecular weight excluding hydrogens is 288 g/mol. The molecule has 0 fully saturated rings. The van der Waals surface area contributed by atoms with E-state index in [4.69, 9.17) is 16.3 Å². The van der Waals surface area contributed by atoms with Crippen molar-refractivity contribution in [2.24, 2.45) is 0 Å². The third kappa shape index (κ3) is 4.03. The number of halogens is 1. The second-order valence-corrected chi connectivity index (χ2v) is 5.32. The zero-order valence-electron chi connectivity index (χ0n) is 12.6. The fraction of sp³-hybridized carbons (Fsp3) is 0.467. The van der Waals surface area contributed by atoms with Gasteiger partial charge in [0.25, 0.3) is 0 Å². The second kappa shape index (κ2) is 7.54. The summed E-state index contributed by atoms with van der Waals surface area (Å²) in [6.45, 7) is 6.10. The lowest BCUT2D eigenvalue weighted by atomic mass is 10.1. The number of rotatable bonds is 7. The lowest BCUT2D eigenvalue weighted by molar-refractivity contribution is 0.166. The summed E-state index contributed by atoms with van der Waals surface area (Å²) < 4.78 is 7.22. The van der Waals surface area contributed by atoms with Gasteiger partial charge in [-0.05, 0) is 31.5 Å². The molecule has 5 nitrogen and oxygen atoms in total. The molecule has 6 heteroatoms. The first-order valence-electron chi connectivity index (χ1n) is 7.02. The Bertz CT molecular complexity index is 585. The first-order valence-corrected chi connectivity index (χ1v) is 7.40. The van der Waals surface area contributed by atoms with E-state index in [1.54, 1.807) is 7.11 Å². The highest BCUT2D eigenvalue weighted by molar-refractivity contribution is 6.30. The molecule has 0 aliphatic carbocycles. The van der Waals surface area contributed by atoms with Crippen LogP contribution in [-0.4, -0.2) is 28.7 Å². The molecule has 1 atom stereocenters. The van der Waals surface area contributed by atoms with Crippen molar-refractivity contribution in [2.45, 2.75) is 33.0 Å². The average Bonchev–Trinajstić information content (AvgIpc) is 2.84. The average molecular weight is 309 g/mol. The number of aromatic nitrogens is 3. The maximum Gasteiger partial charge on any atom is 0.0841 e. The standard InChI is InChI=1S/C15H21ClN4O/c1-4-20-15(11(2)18-19-20)9-17-14(10-21-3)12-6-5-7-13(16)8-12/h5-8,14,17H,4,9-10H2,1-3H3. The Morgan fingerprint density at radius 3 is 2.90 bits per heavy atom. The molecule has 0 amide bonds. The third-order valence-electron chi connectivity index (χ3n) is 3.43. The van der Waals surface area contributed by atoms with Gasteiger partial charge in [0.2, 0.25) is 0 Å². The van der Waals surface area contributed by atoms with Crippen molar-refractivity contribution in [1.29, 1.82) is 0 Å². The van der Waals surface area contributed by atoms with Gasteiger partial charge < -0.3 is 10.1 Å². The van der Waals surface area contributed by atoms with Crippen molar-refractivity contribution >= 4 is 11.6 Å². The molecule has 0 saturated heterocycles. The molecule has 0 radical (unpaired) electrons. The number of ether oxygens (including phenoxy) is 1. The lowest BCUT2D eigenvalue weighted by Gasteiger charge is -2.19. The Kier molecular flexibility index (Phi) is 5.73. The van der Waals surface area contributed by atoms with Gasteiger partial charge in [-0.25, -0.2) is 4.68 Å². The molecule has 114 valence electrons. The Morgan fingerprint density at radius 2 is 2.24 bits per heavy atom. The number of nitrogens with one attached hydrogen (secondary N) is 1. The minimum absolute atomic E-state index is 0.0771. The van der Waals surface area contributed by atoms with Crippen molar-refractivity contribution in [3.63, 3.8) is 0 Å². The molecule has 1 aromatic carbocycles. The van der Waals surface area contributed by atoms with E-state index in [0.717, 1.165) is 28.5 Å². The molecule has 2 rings (SSSR count). The fourth-order valence-electron chi connectivity index (χ4n) is 2.28. The monoisotopic (exact) mass is 308 g/mol. The minimum Gasteiger partial charge on any atom is -0.383 e. The van der Waals surface area contributed by atoms with Crippen LogP contribution >= 0.6 is 11.6 Å². The molecule has 21 heavy (non-hydrogen) atoms. The Morgan fingerprint density at radius 1 is 1.43 bits per heavy atom. The number of hydrogen-bond acceptors (Lipinski definition) is 4. The smallest absolute Gasteiger partial charge is 0.0841 e. The van der Waals surface area contributed by atoms with Gasteiger partial charge in [-0.1, -0.05) is 28.9 Å². The van der Waals surface area contributed by atoms with Gasteiger partial charge in [-0.15, -0.1) is 5.10 Å². The van der Waals surface area contributed by atoms with Crippen molar-refractivity contribution in [1.82, 2.24) is 20.3 Å². The summed E-state index contributed by atoms with van der Waals surface area (Å²) in [5, 5.41) is 12.5. The maximum atomic E-state index is 6.07. The van der Waals surface area contributed by atoms with Crippen LogP contribution in [0.3, 0.4) is 0 Å². The van der Waals surface area contributed by atoms with Crippen molar-refractivity contribution < 1.29 is 4.74 Å². The fourth-order valence-corrected chi connectivity index (χ4v) is 2.47. The van der Waals surface area contributed by atoms with Gasteiger partial charge in [0.05, 0.1) is 24.0 Å². The predicted molar refractivity (Wildman–Crippen MR) is 83.3 cm³/mol. The summed E-state index contributed by atoms with van der Waals surface area (Å²) in [7, 11) is 1.70. The summed E-state index contributed by atoms with van der Waals surface area (Å²) in [4.78, 5) is 0. The zero-order chi connectivity index (χ0) is 15.2. The predicted octanol–water partition coefficient (Wildman–Crippen LogP) is 2.74. The first kappa shape index (κ1) is 15.9. The van der Waals surface area contributed by atoms with E-state index in [9.17, 15) is 0 Å². The van der Waals surface area contributed by atoms with Crippen molar-refractivity contribution in [3.8, 4) is 0 Å². The van der Waals surface area contributed by atoms with Gasteiger partial charge in [0.15, 0.2) is 0 Å². The summed E-state index contributed by atoms with van der Waals surface area (Å²) in [5.41, 5.74) is 3.16. The Balaban J connectivity index is 2.11. The molecule has 1 N–H and O–H groups in total. The van der Waals surface area contributed by atoms with Crippen molar-refractivity contribution in [2.75, 3.05) is 13.7 Å². The van der Waals surface area contributed by atoms with E-state index in [2.05, 4.69) is 22.6 Å². The summed E-state index contributed by atoms with van der Waals surface area (Å²) in [6, 6.07) is 7.90. The van der Waals surface area contributed by atoms with E-state index in [1.165, 1.54) is 0 Å². The quantitative estimate of drug-likeness (QED) is 0.854. The van der Waals surface area contributed by atoms with Crippen LogP contribution in [0.15, 0.2) is 24.3 Å². The molecule has 0 spiro atoms. The molecule has 1 unspecified atom stereocenters. The van der Waals surface area contributed by atoms with Crippen LogP contribution in [0.1, 0.15) is 29.9 Å². The second-order valence-electron chi connectivity index (χ2n) is 4.88. The zero-order valence-corrected chi connectivity index (χ0v) is 13.4. The van der Waals surface area contributed by atoms with E-state index in [1.807, 2.05) is 35.9 Å². The lowest BCUT2D eigenvalue weighted by Crippen LogP contribution is -2.26. The first-order chi connectivity index (χ1) is 10.2. The van der Waals surface area contributed by atoms with E-state index in [0.29, 0.717) is 13.2 Å². The third-order valence-corrected chi connectivity index (χ3v) is 3.67. The van der Waals surface area contributed by atoms with Crippen LogP contribution in [0, 0.1) is 6.92 Å². The van der Waals surface area contributed by atoms with Gasteiger partial charge >= 0.3 is 0 Å². The van der Waals surface area contributed by atoms with E-state index in [-0.39, 0.29) is 6.04 Å². The van der Waals surface area contributed by atoms with Crippen LogP contribution in [0.2, 0.25) is 5.02 Å². The van der Waals surface area contributed by atoms with Gasteiger partial charge in [-0.3, -0.25) is 0 Å². The number of hydrogen-bond donors (Lipinski definition) is 1. The molecular formula is C15H21ClN4O. The summed E-state index contributed by atoms with van der Waals surface area (Å²) in [6.07, 6.45) is 0. The van der Waals surface area contributed by atoms with E-state index < -0.39 is 0 Å². The summed E-state index contributed by atoms with van der Waals surface area (Å²) in [5.74, 6) is 0. The van der Waals surface area contributed by atoms with Crippen LogP contribution in [-0.2, 0) is 17.8 Å². The molecule has 0 aliphatic heterocycles. The topological polar surface area (TPSA) is 52.0 Å². The number of nitrogens with zero attached hydrogens (tertiary/aromatic N) is 3. The number of methoxy groups -OCH3 is 1. The van der Waals surface area contributed by atoms with Crippen LogP contribution in [0.25, 0.3) is 0 Å².